The molecular weight excluding hydrogens is 417 g/mol. The number of halogens is 2. The summed E-state index contributed by atoms with van der Waals surface area (Å²) in [5.74, 6) is 0. The van der Waals surface area contributed by atoms with Gasteiger partial charge in [-0.05, 0) is 24.6 Å². The van der Waals surface area contributed by atoms with Crippen LogP contribution in [0.3, 0.4) is 0 Å². The molecule has 0 N–H and O–H groups in total. The van der Waals surface area contributed by atoms with Gasteiger partial charge < -0.3 is 4.74 Å². The van der Waals surface area contributed by atoms with Crippen molar-refractivity contribution in [3.63, 3.8) is 0 Å². The Hall–Kier alpha value is -2.66. The maximum atomic E-state index is 6.48. The van der Waals surface area contributed by atoms with Gasteiger partial charge in [-0.2, -0.15) is 0 Å². The molecule has 1 atom stereocenters. The van der Waals surface area contributed by atoms with Crippen LogP contribution >= 0.6 is 23.2 Å². The third-order valence-corrected chi connectivity index (χ3v) is 5.40. The van der Waals surface area contributed by atoms with Gasteiger partial charge in [-0.1, -0.05) is 94.6 Å². The number of benzene rings is 3. The molecule has 1 heterocycles. The molecule has 6 heteroatoms. The summed E-state index contributed by atoms with van der Waals surface area (Å²) in [6, 6.07) is 23.7. The predicted molar refractivity (Wildman–Crippen MR) is 121 cm³/mol. The van der Waals surface area contributed by atoms with Crippen molar-refractivity contribution in [3.05, 3.63) is 106 Å². The minimum atomic E-state index is -0.303. The van der Waals surface area contributed by atoms with E-state index in [1.54, 1.807) is 10.7 Å². The third kappa shape index (κ3) is 5.08. The summed E-state index contributed by atoms with van der Waals surface area (Å²) in [7, 11) is 0. The van der Waals surface area contributed by atoms with E-state index in [0.717, 1.165) is 22.4 Å². The van der Waals surface area contributed by atoms with Crippen molar-refractivity contribution in [2.45, 2.75) is 26.2 Å². The van der Waals surface area contributed by atoms with Crippen molar-refractivity contribution >= 4 is 23.2 Å². The number of hydrogen-bond donors (Lipinski definition) is 0. The average Bonchev–Trinajstić information content (AvgIpc) is 3.21. The topological polar surface area (TPSA) is 39.9 Å². The van der Waals surface area contributed by atoms with Crippen LogP contribution in [0.15, 0.2) is 79.0 Å². The second-order valence-corrected chi connectivity index (χ2v) is 7.99. The van der Waals surface area contributed by atoms with E-state index in [0.29, 0.717) is 23.2 Å². The molecule has 4 aromatic rings. The Morgan fingerprint density at radius 3 is 2.47 bits per heavy atom. The zero-order valence-corrected chi connectivity index (χ0v) is 18.0. The fraction of sp³-hybridized carbons (Fsp3) is 0.167. The minimum absolute atomic E-state index is 0.303. The summed E-state index contributed by atoms with van der Waals surface area (Å²) in [6.07, 6.45) is 1.62. The second-order valence-electron chi connectivity index (χ2n) is 7.14. The van der Waals surface area contributed by atoms with Crippen LogP contribution in [0.4, 0.5) is 0 Å². The summed E-state index contributed by atoms with van der Waals surface area (Å²) < 4.78 is 8.04. The molecule has 0 fully saturated rings. The van der Waals surface area contributed by atoms with Crippen LogP contribution < -0.4 is 0 Å². The zero-order chi connectivity index (χ0) is 20.9. The van der Waals surface area contributed by atoms with Gasteiger partial charge in [0.05, 0.1) is 19.3 Å². The number of aryl methyl sites for hydroxylation is 1. The van der Waals surface area contributed by atoms with Crippen molar-refractivity contribution in [1.29, 1.82) is 0 Å². The molecule has 4 nitrogen and oxygen atoms in total. The third-order valence-electron chi connectivity index (χ3n) is 4.84. The van der Waals surface area contributed by atoms with Gasteiger partial charge in [-0.25, -0.2) is 4.68 Å². The monoisotopic (exact) mass is 437 g/mol. The molecule has 4 rings (SSSR count). The predicted octanol–water partition coefficient (Wildman–Crippen LogP) is 6.52. The van der Waals surface area contributed by atoms with Crippen LogP contribution in [0, 0.1) is 6.92 Å². The van der Waals surface area contributed by atoms with Crippen LogP contribution in [0.1, 0.15) is 22.8 Å². The van der Waals surface area contributed by atoms with Crippen molar-refractivity contribution in [3.8, 4) is 11.3 Å². The number of ether oxygens (including phenoxy) is 1. The summed E-state index contributed by atoms with van der Waals surface area (Å²) in [6.45, 7) is 3.00. The van der Waals surface area contributed by atoms with Crippen LogP contribution in [0.25, 0.3) is 11.3 Å². The molecule has 0 saturated carbocycles. The highest BCUT2D eigenvalue weighted by Crippen LogP contribution is 2.30. The first-order chi connectivity index (χ1) is 14.6. The minimum Gasteiger partial charge on any atom is -0.367 e. The van der Waals surface area contributed by atoms with Crippen LogP contribution in [-0.4, -0.2) is 15.0 Å². The Morgan fingerprint density at radius 1 is 0.967 bits per heavy atom. The van der Waals surface area contributed by atoms with E-state index < -0.39 is 0 Å². The Kier molecular flexibility index (Phi) is 6.48. The lowest BCUT2D eigenvalue weighted by molar-refractivity contribution is 0.0254. The number of hydrogen-bond acceptors (Lipinski definition) is 3. The molecule has 0 aliphatic rings. The fourth-order valence-corrected chi connectivity index (χ4v) is 3.72. The molecule has 3 aromatic carbocycles. The molecule has 0 spiro atoms. The van der Waals surface area contributed by atoms with Gasteiger partial charge in [-0.15, -0.1) is 5.10 Å². The highest BCUT2D eigenvalue weighted by molar-refractivity contribution is 6.35. The van der Waals surface area contributed by atoms with Crippen molar-refractivity contribution < 1.29 is 4.74 Å². The summed E-state index contributed by atoms with van der Waals surface area (Å²) >= 11 is 12.6. The number of aromatic nitrogens is 3. The molecule has 0 radical (unpaired) electrons. The van der Waals surface area contributed by atoms with E-state index in [2.05, 4.69) is 29.4 Å². The van der Waals surface area contributed by atoms with Gasteiger partial charge >= 0.3 is 0 Å². The van der Waals surface area contributed by atoms with E-state index in [4.69, 9.17) is 27.9 Å². The molecule has 0 saturated heterocycles. The zero-order valence-electron chi connectivity index (χ0n) is 16.5. The molecule has 30 heavy (non-hydrogen) atoms. The molecule has 152 valence electrons. The fourth-order valence-electron chi connectivity index (χ4n) is 3.19. The molecule has 0 bridgehead atoms. The van der Waals surface area contributed by atoms with Crippen molar-refractivity contribution in [2.75, 3.05) is 0 Å². The summed E-state index contributed by atoms with van der Waals surface area (Å²) in [5.41, 5.74) is 5.01. The number of nitrogens with zero attached hydrogens (tertiary/aromatic N) is 3. The quantitative estimate of drug-likeness (QED) is 0.330. The standard InChI is InChI=1S/C24H21Cl2N3O/c1-17-7-9-19(10-8-17)23-14-29(28-27-23)15-24(21-12-11-20(25)13-22(21)26)30-16-18-5-3-2-4-6-18/h2-14,24H,15-16H2,1H3. The highest BCUT2D eigenvalue weighted by Gasteiger charge is 2.18. The molecule has 0 aliphatic carbocycles. The van der Waals surface area contributed by atoms with Crippen LogP contribution in [-0.2, 0) is 17.9 Å². The SMILES string of the molecule is Cc1ccc(-c2cn(CC(OCc3ccccc3)c3ccc(Cl)cc3Cl)nn2)cc1. The maximum absolute atomic E-state index is 6.48. The van der Waals surface area contributed by atoms with Gasteiger partial charge in [-0.3, -0.25) is 0 Å². The van der Waals surface area contributed by atoms with E-state index in [1.165, 1.54) is 5.56 Å². The lowest BCUT2D eigenvalue weighted by atomic mass is 10.1. The van der Waals surface area contributed by atoms with Gasteiger partial charge in [0.2, 0.25) is 0 Å². The number of rotatable bonds is 7. The van der Waals surface area contributed by atoms with E-state index in [1.807, 2.05) is 60.8 Å². The average molecular weight is 438 g/mol. The van der Waals surface area contributed by atoms with Crippen LogP contribution in [0.2, 0.25) is 10.0 Å². The maximum Gasteiger partial charge on any atom is 0.113 e. The van der Waals surface area contributed by atoms with Gasteiger partial charge in [0, 0.05) is 21.2 Å². The lowest BCUT2D eigenvalue weighted by Crippen LogP contribution is -2.14. The highest BCUT2D eigenvalue weighted by atomic mass is 35.5. The first-order valence-electron chi connectivity index (χ1n) is 9.66. The first-order valence-corrected chi connectivity index (χ1v) is 10.4. The second kappa shape index (κ2) is 9.43. The lowest BCUT2D eigenvalue weighted by Gasteiger charge is -2.20. The molecule has 0 aliphatic heterocycles. The molecular formula is C24H21Cl2N3O. The first kappa shape index (κ1) is 20.6. The molecule has 1 unspecified atom stereocenters. The largest absolute Gasteiger partial charge is 0.367 e. The van der Waals surface area contributed by atoms with Gasteiger partial charge in [0.1, 0.15) is 11.8 Å². The van der Waals surface area contributed by atoms with Crippen molar-refractivity contribution in [1.82, 2.24) is 15.0 Å². The Bertz CT molecular complexity index is 1110. The molecule has 0 amide bonds. The van der Waals surface area contributed by atoms with E-state index in [9.17, 15) is 0 Å². The van der Waals surface area contributed by atoms with Gasteiger partial charge in [0.15, 0.2) is 0 Å². The Labute approximate surface area is 186 Å². The Morgan fingerprint density at radius 2 is 1.73 bits per heavy atom. The van der Waals surface area contributed by atoms with Gasteiger partial charge in [0.25, 0.3) is 0 Å². The summed E-state index contributed by atoms with van der Waals surface area (Å²) in [4.78, 5) is 0. The Balaban J connectivity index is 1.57. The molecule has 1 aromatic heterocycles. The van der Waals surface area contributed by atoms with Crippen molar-refractivity contribution in [2.24, 2.45) is 0 Å². The van der Waals surface area contributed by atoms with E-state index in [-0.39, 0.29) is 6.10 Å². The van der Waals surface area contributed by atoms with E-state index >= 15 is 0 Å². The summed E-state index contributed by atoms with van der Waals surface area (Å²) in [5, 5.41) is 9.78. The smallest absolute Gasteiger partial charge is 0.113 e. The normalized spacial score (nSPS) is 12.1. The van der Waals surface area contributed by atoms with Crippen LogP contribution in [0.5, 0.6) is 0 Å².